The van der Waals surface area contributed by atoms with E-state index < -0.39 is 17.9 Å². The average Bonchev–Trinajstić information content (AvgIpc) is 2.97. The van der Waals surface area contributed by atoms with Crippen molar-refractivity contribution in [2.75, 3.05) is 11.9 Å². The number of aliphatic hydroxyl groups excluding tert-OH is 1. The Labute approximate surface area is 135 Å². The predicted octanol–water partition coefficient (Wildman–Crippen LogP) is 2.99. The quantitative estimate of drug-likeness (QED) is 0.670. The number of aromatic nitrogens is 3. The Morgan fingerprint density at radius 3 is 2.75 bits per heavy atom. The number of nitrogens with one attached hydrogen (secondary N) is 2. The van der Waals surface area contributed by atoms with E-state index in [0.29, 0.717) is 6.42 Å². The van der Waals surface area contributed by atoms with Crippen LogP contribution in [-0.4, -0.2) is 32.7 Å². The first-order chi connectivity index (χ1) is 11.5. The number of para-hydroxylation sites is 1. The van der Waals surface area contributed by atoms with E-state index in [2.05, 4.69) is 20.3 Å². The maximum atomic E-state index is 12.7. The third-order valence-corrected chi connectivity index (χ3v) is 3.64. The molecule has 0 saturated carbocycles. The summed E-state index contributed by atoms with van der Waals surface area (Å²) in [7, 11) is 0. The highest BCUT2D eigenvalue weighted by Crippen LogP contribution is 2.27. The highest BCUT2D eigenvalue weighted by molar-refractivity contribution is 5.83. The summed E-state index contributed by atoms with van der Waals surface area (Å²) in [5.74, 6) is -0.163. The molecule has 0 aliphatic heterocycles. The van der Waals surface area contributed by atoms with Gasteiger partial charge in [0.15, 0.2) is 0 Å². The summed E-state index contributed by atoms with van der Waals surface area (Å²) >= 11 is 0. The van der Waals surface area contributed by atoms with Crippen LogP contribution >= 0.6 is 0 Å². The smallest absolute Gasteiger partial charge is 0.394 e. The molecule has 0 radical (unpaired) electrons. The van der Waals surface area contributed by atoms with Crippen LogP contribution in [0.3, 0.4) is 0 Å². The van der Waals surface area contributed by atoms with Crippen molar-refractivity contribution in [1.29, 1.82) is 0 Å². The van der Waals surface area contributed by atoms with Gasteiger partial charge in [-0.25, -0.2) is 9.97 Å². The van der Waals surface area contributed by atoms with E-state index >= 15 is 0 Å². The minimum Gasteiger partial charge on any atom is -0.394 e. The molecule has 3 N–H and O–H groups in total. The Morgan fingerprint density at radius 1 is 1.21 bits per heavy atom. The van der Waals surface area contributed by atoms with Gasteiger partial charge < -0.3 is 15.4 Å². The van der Waals surface area contributed by atoms with Gasteiger partial charge in [0.05, 0.1) is 12.6 Å². The molecule has 1 aromatic carbocycles. The zero-order valence-electron chi connectivity index (χ0n) is 12.5. The van der Waals surface area contributed by atoms with Crippen LogP contribution in [0.4, 0.5) is 19.1 Å². The van der Waals surface area contributed by atoms with Gasteiger partial charge in [0, 0.05) is 23.3 Å². The Morgan fingerprint density at radius 2 is 2.00 bits per heavy atom. The second-order valence-corrected chi connectivity index (χ2v) is 5.35. The molecule has 0 aliphatic rings. The predicted molar refractivity (Wildman–Crippen MR) is 83.5 cm³/mol. The molecule has 5 nitrogen and oxygen atoms in total. The van der Waals surface area contributed by atoms with Crippen LogP contribution in [0.25, 0.3) is 10.9 Å². The van der Waals surface area contributed by atoms with Crippen molar-refractivity contribution >= 4 is 16.9 Å². The van der Waals surface area contributed by atoms with Crippen molar-refractivity contribution in [1.82, 2.24) is 15.0 Å². The summed E-state index contributed by atoms with van der Waals surface area (Å²) in [5, 5.41) is 13.3. The van der Waals surface area contributed by atoms with E-state index in [1.54, 1.807) is 0 Å². The van der Waals surface area contributed by atoms with Gasteiger partial charge in [0.25, 0.3) is 0 Å². The molecule has 2 heterocycles. The van der Waals surface area contributed by atoms with Crippen LogP contribution in [0.15, 0.2) is 42.7 Å². The SMILES string of the molecule is OCC(Cc1c[nH]c2ccccc12)Nc1nccc(C(F)(F)F)n1. The molecule has 0 saturated heterocycles. The molecule has 0 spiro atoms. The molecule has 126 valence electrons. The number of nitrogens with zero attached hydrogens (tertiary/aromatic N) is 2. The zero-order chi connectivity index (χ0) is 17.2. The minimum atomic E-state index is -4.54. The van der Waals surface area contributed by atoms with Crippen molar-refractivity contribution in [3.63, 3.8) is 0 Å². The van der Waals surface area contributed by atoms with Gasteiger partial charge in [0.2, 0.25) is 5.95 Å². The van der Waals surface area contributed by atoms with Crippen LogP contribution in [0.5, 0.6) is 0 Å². The number of halogens is 3. The molecule has 1 atom stereocenters. The molecule has 2 aromatic heterocycles. The largest absolute Gasteiger partial charge is 0.433 e. The number of aliphatic hydroxyl groups is 1. The third kappa shape index (κ3) is 3.48. The van der Waals surface area contributed by atoms with Crippen LogP contribution in [-0.2, 0) is 12.6 Å². The first-order valence-electron chi connectivity index (χ1n) is 7.30. The summed E-state index contributed by atoms with van der Waals surface area (Å²) in [4.78, 5) is 10.4. The molecule has 0 bridgehead atoms. The van der Waals surface area contributed by atoms with Crippen LogP contribution in [0.2, 0.25) is 0 Å². The highest BCUT2D eigenvalue weighted by atomic mass is 19.4. The number of anilines is 1. The Balaban J connectivity index is 1.78. The molecular weight excluding hydrogens is 321 g/mol. The van der Waals surface area contributed by atoms with Gasteiger partial charge in [-0.2, -0.15) is 13.2 Å². The first-order valence-corrected chi connectivity index (χ1v) is 7.30. The van der Waals surface area contributed by atoms with E-state index in [4.69, 9.17) is 0 Å². The normalized spacial score (nSPS) is 13.2. The number of rotatable bonds is 5. The van der Waals surface area contributed by atoms with Gasteiger partial charge in [-0.05, 0) is 24.1 Å². The second kappa shape index (κ2) is 6.48. The molecule has 1 unspecified atom stereocenters. The Kier molecular flexibility index (Phi) is 4.39. The molecule has 3 rings (SSSR count). The fourth-order valence-electron chi connectivity index (χ4n) is 2.50. The number of fused-ring (bicyclic) bond motifs is 1. The summed E-state index contributed by atoms with van der Waals surface area (Å²) < 4.78 is 38.1. The summed E-state index contributed by atoms with van der Waals surface area (Å²) in [6, 6.07) is 7.97. The van der Waals surface area contributed by atoms with Crippen LogP contribution in [0, 0.1) is 0 Å². The van der Waals surface area contributed by atoms with Gasteiger partial charge >= 0.3 is 6.18 Å². The Hall–Kier alpha value is -2.61. The molecule has 0 fully saturated rings. The topological polar surface area (TPSA) is 73.8 Å². The van der Waals surface area contributed by atoms with E-state index in [0.717, 1.165) is 28.7 Å². The molecule has 8 heteroatoms. The monoisotopic (exact) mass is 336 g/mol. The van der Waals surface area contributed by atoms with Crippen LogP contribution < -0.4 is 5.32 Å². The number of aromatic amines is 1. The number of hydrogen-bond donors (Lipinski definition) is 3. The van der Waals surface area contributed by atoms with E-state index in [1.807, 2.05) is 30.5 Å². The molecular formula is C16H15F3N4O. The lowest BCUT2D eigenvalue weighted by atomic mass is 10.1. The molecule has 24 heavy (non-hydrogen) atoms. The lowest BCUT2D eigenvalue weighted by molar-refractivity contribution is -0.141. The lowest BCUT2D eigenvalue weighted by Gasteiger charge is -2.16. The van der Waals surface area contributed by atoms with E-state index in [9.17, 15) is 18.3 Å². The Bertz CT molecular complexity index is 831. The van der Waals surface area contributed by atoms with E-state index in [1.165, 1.54) is 0 Å². The van der Waals surface area contributed by atoms with Crippen molar-refractivity contribution in [2.24, 2.45) is 0 Å². The second-order valence-electron chi connectivity index (χ2n) is 5.35. The molecule has 3 aromatic rings. The highest BCUT2D eigenvalue weighted by Gasteiger charge is 2.32. The van der Waals surface area contributed by atoms with Crippen molar-refractivity contribution in [3.8, 4) is 0 Å². The van der Waals surface area contributed by atoms with E-state index in [-0.39, 0.29) is 12.6 Å². The van der Waals surface area contributed by atoms with Gasteiger partial charge in [-0.1, -0.05) is 18.2 Å². The molecule has 0 aliphatic carbocycles. The summed E-state index contributed by atoms with van der Waals surface area (Å²) in [6.45, 7) is -0.265. The zero-order valence-corrected chi connectivity index (χ0v) is 12.5. The van der Waals surface area contributed by atoms with Crippen molar-refractivity contribution < 1.29 is 18.3 Å². The fraction of sp³-hybridized carbons (Fsp3) is 0.250. The maximum Gasteiger partial charge on any atom is 0.433 e. The lowest BCUT2D eigenvalue weighted by Crippen LogP contribution is -2.27. The van der Waals surface area contributed by atoms with Gasteiger partial charge in [-0.3, -0.25) is 0 Å². The number of benzene rings is 1. The van der Waals surface area contributed by atoms with Crippen LogP contribution in [0.1, 0.15) is 11.3 Å². The van der Waals surface area contributed by atoms with Gasteiger partial charge in [-0.15, -0.1) is 0 Å². The summed E-state index contributed by atoms with van der Waals surface area (Å²) in [6.07, 6.45) is -1.26. The fourth-order valence-corrected chi connectivity index (χ4v) is 2.50. The third-order valence-electron chi connectivity index (χ3n) is 3.64. The van der Waals surface area contributed by atoms with Crippen molar-refractivity contribution in [3.05, 3.63) is 54.0 Å². The standard InChI is InChI=1S/C16H15F3N4O/c17-16(18,19)14-5-6-20-15(23-14)22-11(9-24)7-10-8-21-13-4-2-1-3-12(10)13/h1-6,8,11,21,24H,7,9H2,(H,20,22,23). The van der Waals surface area contributed by atoms with Crippen molar-refractivity contribution in [2.45, 2.75) is 18.6 Å². The molecule has 0 amide bonds. The minimum absolute atomic E-state index is 0.163. The average molecular weight is 336 g/mol. The first kappa shape index (κ1) is 16.3. The maximum absolute atomic E-state index is 12.7. The number of hydrogen-bond acceptors (Lipinski definition) is 4. The summed E-state index contributed by atoms with van der Waals surface area (Å²) in [5.41, 5.74) is 0.882. The van der Waals surface area contributed by atoms with Gasteiger partial charge in [0.1, 0.15) is 5.69 Å². The number of H-pyrrole nitrogens is 1. The number of alkyl halides is 3.